The number of halogens is 1. The first-order valence-corrected chi connectivity index (χ1v) is 8.24. The van der Waals surface area contributed by atoms with Crippen molar-refractivity contribution in [3.8, 4) is 11.5 Å². The van der Waals surface area contributed by atoms with Gasteiger partial charge in [-0.1, -0.05) is 31.4 Å². The number of alkyl halides is 1. The molecule has 1 aliphatic rings. The Bertz CT molecular complexity index is 400. The van der Waals surface area contributed by atoms with Crippen LogP contribution in [0.1, 0.15) is 45.4 Å². The van der Waals surface area contributed by atoms with Crippen LogP contribution >= 0.6 is 11.6 Å². The van der Waals surface area contributed by atoms with Crippen LogP contribution in [-0.4, -0.2) is 19.1 Å². The van der Waals surface area contributed by atoms with Gasteiger partial charge in [-0.15, -0.1) is 11.6 Å². The minimum absolute atomic E-state index is 0.292. The van der Waals surface area contributed by atoms with Crippen molar-refractivity contribution in [1.29, 1.82) is 0 Å². The van der Waals surface area contributed by atoms with Crippen LogP contribution in [0.3, 0.4) is 0 Å². The van der Waals surface area contributed by atoms with Gasteiger partial charge in [-0.25, -0.2) is 0 Å². The maximum Gasteiger partial charge on any atom is 0.161 e. The van der Waals surface area contributed by atoms with Crippen molar-refractivity contribution in [3.63, 3.8) is 0 Å². The van der Waals surface area contributed by atoms with Crippen molar-refractivity contribution < 1.29 is 9.47 Å². The molecule has 0 spiro atoms. The van der Waals surface area contributed by atoms with Crippen LogP contribution in [-0.2, 0) is 0 Å². The summed E-state index contributed by atoms with van der Waals surface area (Å²) in [5.74, 6) is 2.43. The summed E-state index contributed by atoms with van der Waals surface area (Å²) in [4.78, 5) is 0. The van der Waals surface area contributed by atoms with Crippen LogP contribution in [0.2, 0.25) is 0 Å². The highest BCUT2D eigenvalue weighted by Crippen LogP contribution is 2.40. The van der Waals surface area contributed by atoms with Gasteiger partial charge >= 0.3 is 0 Å². The minimum Gasteiger partial charge on any atom is -0.490 e. The second kappa shape index (κ2) is 7.78. The average molecular weight is 297 g/mol. The second-order valence-corrected chi connectivity index (χ2v) is 5.94. The van der Waals surface area contributed by atoms with Crippen LogP contribution in [0.15, 0.2) is 24.3 Å². The molecule has 0 unspecified atom stereocenters. The van der Waals surface area contributed by atoms with E-state index < -0.39 is 0 Å². The molecule has 112 valence electrons. The van der Waals surface area contributed by atoms with Crippen LogP contribution < -0.4 is 9.47 Å². The van der Waals surface area contributed by atoms with E-state index in [0.29, 0.717) is 12.0 Å². The number of hydrogen-bond acceptors (Lipinski definition) is 2. The van der Waals surface area contributed by atoms with Gasteiger partial charge in [0.1, 0.15) is 0 Å². The molecule has 0 bridgehead atoms. The first-order valence-electron chi connectivity index (χ1n) is 7.70. The Labute approximate surface area is 127 Å². The summed E-state index contributed by atoms with van der Waals surface area (Å²) in [6, 6.07) is 7.88. The lowest BCUT2D eigenvalue weighted by Gasteiger charge is -2.35. The van der Waals surface area contributed by atoms with E-state index in [1.807, 2.05) is 31.2 Å². The van der Waals surface area contributed by atoms with Crippen molar-refractivity contribution >= 4 is 11.6 Å². The average Bonchev–Trinajstić information content (AvgIpc) is 2.50. The number of hydrogen-bond donors (Lipinski definition) is 0. The summed E-state index contributed by atoms with van der Waals surface area (Å²) >= 11 is 6.22. The zero-order valence-corrected chi connectivity index (χ0v) is 13.1. The molecule has 0 aromatic heterocycles. The molecule has 1 saturated carbocycles. The topological polar surface area (TPSA) is 18.5 Å². The molecule has 3 heteroatoms. The monoisotopic (exact) mass is 296 g/mol. The first-order chi connectivity index (χ1) is 9.79. The Morgan fingerprint density at radius 1 is 1.05 bits per heavy atom. The molecular formula is C17H25ClO2. The number of benzene rings is 1. The fourth-order valence-electron chi connectivity index (χ4n) is 2.97. The molecule has 0 amide bonds. The highest BCUT2D eigenvalue weighted by atomic mass is 35.5. The summed E-state index contributed by atoms with van der Waals surface area (Å²) in [5, 5.41) is 0. The van der Waals surface area contributed by atoms with E-state index in [4.69, 9.17) is 21.1 Å². The molecule has 1 aromatic carbocycles. The normalized spacial score (nSPS) is 17.7. The summed E-state index contributed by atoms with van der Waals surface area (Å²) in [6.07, 6.45) is 7.49. The Hall–Kier alpha value is -0.890. The van der Waals surface area contributed by atoms with Crippen LogP contribution in [0.4, 0.5) is 0 Å². The van der Waals surface area contributed by atoms with Crippen LogP contribution in [0, 0.1) is 5.41 Å². The molecule has 2 nitrogen and oxygen atoms in total. The SMILES string of the molecule is CCOc1ccccc1OCCC1(CCl)CCCCC1. The third-order valence-electron chi connectivity index (χ3n) is 4.24. The van der Waals surface area contributed by atoms with E-state index in [1.54, 1.807) is 0 Å². The molecule has 0 aliphatic heterocycles. The van der Waals surface area contributed by atoms with Gasteiger partial charge in [0.15, 0.2) is 11.5 Å². The summed E-state index contributed by atoms with van der Waals surface area (Å²) in [7, 11) is 0. The lowest BCUT2D eigenvalue weighted by Crippen LogP contribution is -2.28. The van der Waals surface area contributed by atoms with Crippen molar-refractivity contribution in [1.82, 2.24) is 0 Å². The Balaban J connectivity index is 1.88. The predicted octanol–water partition coefficient (Wildman–Crippen LogP) is 5.04. The van der Waals surface area contributed by atoms with Gasteiger partial charge < -0.3 is 9.47 Å². The molecule has 0 radical (unpaired) electrons. The zero-order valence-electron chi connectivity index (χ0n) is 12.4. The Kier molecular flexibility index (Phi) is 6.03. The van der Waals surface area contributed by atoms with Gasteiger partial charge in [0, 0.05) is 5.88 Å². The van der Waals surface area contributed by atoms with Gasteiger partial charge in [-0.3, -0.25) is 0 Å². The van der Waals surface area contributed by atoms with E-state index in [-0.39, 0.29) is 0 Å². The maximum atomic E-state index is 6.22. The highest BCUT2D eigenvalue weighted by molar-refractivity contribution is 6.18. The Morgan fingerprint density at radius 2 is 1.70 bits per heavy atom. The minimum atomic E-state index is 0.292. The molecule has 0 heterocycles. The van der Waals surface area contributed by atoms with Gasteiger partial charge in [0.05, 0.1) is 13.2 Å². The third-order valence-corrected chi connectivity index (χ3v) is 4.80. The number of para-hydroxylation sites is 2. The van der Waals surface area contributed by atoms with E-state index in [0.717, 1.165) is 30.4 Å². The molecule has 1 aliphatic carbocycles. The zero-order chi connectivity index (χ0) is 14.3. The number of ether oxygens (including phenoxy) is 2. The summed E-state index contributed by atoms with van der Waals surface area (Å²) in [6.45, 7) is 3.37. The van der Waals surface area contributed by atoms with E-state index in [9.17, 15) is 0 Å². The largest absolute Gasteiger partial charge is 0.490 e. The molecule has 2 rings (SSSR count). The van der Waals surface area contributed by atoms with Gasteiger partial charge in [0.2, 0.25) is 0 Å². The third kappa shape index (κ3) is 4.05. The lowest BCUT2D eigenvalue weighted by atomic mass is 9.73. The van der Waals surface area contributed by atoms with E-state index in [2.05, 4.69) is 0 Å². The fraction of sp³-hybridized carbons (Fsp3) is 0.647. The second-order valence-electron chi connectivity index (χ2n) is 5.67. The molecule has 0 atom stereocenters. The predicted molar refractivity (Wildman–Crippen MR) is 84.0 cm³/mol. The van der Waals surface area contributed by atoms with Crippen molar-refractivity contribution in [2.75, 3.05) is 19.1 Å². The fourth-order valence-corrected chi connectivity index (χ4v) is 3.37. The quantitative estimate of drug-likeness (QED) is 0.656. The highest BCUT2D eigenvalue weighted by Gasteiger charge is 2.31. The molecular weight excluding hydrogens is 272 g/mol. The lowest BCUT2D eigenvalue weighted by molar-refractivity contribution is 0.158. The standard InChI is InChI=1S/C17H25ClO2/c1-2-19-15-8-4-5-9-16(15)20-13-12-17(14-18)10-6-3-7-11-17/h4-5,8-9H,2-3,6-7,10-14H2,1H3. The molecule has 1 fully saturated rings. The van der Waals surface area contributed by atoms with Crippen LogP contribution in [0.5, 0.6) is 11.5 Å². The van der Waals surface area contributed by atoms with Crippen molar-refractivity contribution in [3.05, 3.63) is 24.3 Å². The summed E-state index contributed by atoms with van der Waals surface area (Å²) in [5.41, 5.74) is 0.292. The van der Waals surface area contributed by atoms with Crippen molar-refractivity contribution in [2.45, 2.75) is 45.4 Å². The smallest absolute Gasteiger partial charge is 0.161 e. The molecule has 0 N–H and O–H groups in total. The molecule has 1 aromatic rings. The van der Waals surface area contributed by atoms with E-state index >= 15 is 0 Å². The first kappa shape index (κ1) is 15.5. The molecule has 20 heavy (non-hydrogen) atoms. The Morgan fingerprint density at radius 3 is 2.30 bits per heavy atom. The summed E-state index contributed by atoms with van der Waals surface area (Å²) < 4.78 is 11.5. The maximum absolute atomic E-state index is 6.22. The number of rotatable bonds is 7. The van der Waals surface area contributed by atoms with E-state index in [1.165, 1.54) is 32.1 Å². The van der Waals surface area contributed by atoms with Gasteiger partial charge in [-0.2, -0.15) is 0 Å². The van der Waals surface area contributed by atoms with Crippen molar-refractivity contribution in [2.24, 2.45) is 5.41 Å². The van der Waals surface area contributed by atoms with Crippen LogP contribution in [0.25, 0.3) is 0 Å². The molecule has 0 saturated heterocycles. The van der Waals surface area contributed by atoms with Gasteiger partial charge in [-0.05, 0) is 43.7 Å². The van der Waals surface area contributed by atoms with Gasteiger partial charge in [0.25, 0.3) is 0 Å².